The average Bonchev–Trinajstić information content (AvgIpc) is 2.91. The number of benzene rings is 1. The van der Waals surface area contributed by atoms with Gasteiger partial charge in [-0.05, 0) is 12.1 Å². The van der Waals surface area contributed by atoms with Crippen molar-refractivity contribution in [3.8, 4) is 11.3 Å². The van der Waals surface area contributed by atoms with Gasteiger partial charge in [-0.25, -0.2) is 9.59 Å². The summed E-state index contributed by atoms with van der Waals surface area (Å²) in [5, 5.41) is 0. The first kappa shape index (κ1) is 14.1. The Balaban J connectivity index is 1.88. The van der Waals surface area contributed by atoms with E-state index >= 15 is 0 Å². The lowest BCUT2D eigenvalue weighted by atomic mass is 10.2. The molecule has 1 aliphatic rings. The van der Waals surface area contributed by atoms with Crippen LogP contribution in [-0.4, -0.2) is 17.7 Å². The van der Waals surface area contributed by atoms with Crippen LogP contribution in [0, 0.1) is 0 Å². The number of esters is 2. The molecule has 3 rings (SSSR count). The van der Waals surface area contributed by atoms with Crippen molar-refractivity contribution < 1.29 is 23.5 Å². The Bertz CT molecular complexity index is 730. The molecule has 2 aromatic rings. The Kier molecular flexibility index (Phi) is 3.33. The number of ether oxygens (including phenoxy) is 2. The summed E-state index contributed by atoms with van der Waals surface area (Å²) in [7, 11) is 0. The number of furan rings is 1. The van der Waals surface area contributed by atoms with Crippen LogP contribution in [0.25, 0.3) is 17.4 Å². The van der Waals surface area contributed by atoms with Gasteiger partial charge in [-0.3, -0.25) is 0 Å². The Morgan fingerprint density at radius 3 is 2.18 bits per heavy atom. The van der Waals surface area contributed by atoms with Crippen LogP contribution < -0.4 is 0 Å². The fourth-order valence-electron chi connectivity index (χ4n) is 2.11. The van der Waals surface area contributed by atoms with Crippen LogP contribution in [-0.2, 0) is 19.1 Å². The minimum atomic E-state index is -1.25. The molecule has 0 bridgehead atoms. The van der Waals surface area contributed by atoms with Gasteiger partial charge in [0.05, 0.1) is 0 Å². The highest BCUT2D eigenvalue weighted by Crippen LogP contribution is 2.26. The molecule has 1 aromatic heterocycles. The molecular weight excluding hydrogens is 284 g/mol. The Labute approximate surface area is 127 Å². The minimum absolute atomic E-state index is 0.187. The zero-order valence-electron chi connectivity index (χ0n) is 12.2. The topological polar surface area (TPSA) is 65.7 Å². The van der Waals surface area contributed by atoms with E-state index < -0.39 is 17.7 Å². The lowest BCUT2D eigenvalue weighted by Gasteiger charge is -2.29. The molecule has 22 heavy (non-hydrogen) atoms. The van der Waals surface area contributed by atoms with E-state index in [4.69, 9.17) is 13.9 Å². The highest BCUT2D eigenvalue weighted by atomic mass is 16.7. The predicted molar refractivity (Wildman–Crippen MR) is 78.4 cm³/mol. The largest absolute Gasteiger partial charge is 0.457 e. The van der Waals surface area contributed by atoms with Crippen LogP contribution in [0.3, 0.4) is 0 Å². The van der Waals surface area contributed by atoms with Crippen molar-refractivity contribution in [2.24, 2.45) is 0 Å². The maximum atomic E-state index is 11.9. The maximum Gasteiger partial charge on any atom is 0.348 e. The maximum absolute atomic E-state index is 11.9. The summed E-state index contributed by atoms with van der Waals surface area (Å²) in [6, 6.07) is 13.0. The zero-order chi connectivity index (χ0) is 15.7. The first-order chi connectivity index (χ1) is 10.4. The van der Waals surface area contributed by atoms with Crippen molar-refractivity contribution in [2.75, 3.05) is 0 Å². The number of carbonyl (C=O) groups is 2. The lowest BCUT2D eigenvalue weighted by Crippen LogP contribution is -2.41. The van der Waals surface area contributed by atoms with E-state index in [9.17, 15) is 9.59 Å². The normalized spacial score (nSPS) is 16.9. The third kappa shape index (κ3) is 2.79. The zero-order valence-corrected chi connectivity index (χ0v) is 12.2. The average molecular weight is 298 g/mol. The summed E-state index contributed by atoms with van der Waals surface area (Å²) in [5.41, 5.74) is 0.718. The molecule has 1 aliphatic heterocycles. The van der Waals surface area contributed by atoms with Crippen LogP contribution in [0.5, 0.6) is 0 Å². The van der Waals surface area contributed by atoms with Gasteiger partial charge < -0.3 is 13.9 Å². The summed E-state index contributed by atoms with van der Waals surface area (Å²) < 4.78 is 15.7. The quantitative estimate of drug-likeness (QED) is 0.484. The highest BCUT2D eigenvalue weighted by molar-refractivity contribution is 6.18. The van der Waals surface area contributed by atoms with Crippen LogP contribution in [0.1, 0.15) is 19.6 Å². The number of carbonyl (C=O) groups excluding carboxylic acids is 2. The molecule has 0 N–H and O–H groups in total. The first-order valence-corrected chi connectivity index (χ1v) is 6.78. The molecule has 0 aliphatic carbocycles. The molecule has 0 saturated carbocycles. The molecule has 0 unspecified atom stereocenters. The molecule has 1 aromatic carbocycles. The molecule has 0 amide bonds. The van der Waals surface area contributed by atoms with Crippen LogP contribution in [0.2, 0.25) is 0 Å². The second-order valence-corrected chi connectivity index (χ2v) is 5.30. The van der Waals surface area contributed by atoms with Gasteiger partial charge >= 0.3 is 11.9 Å². The summed E-state index contributed by atoms with van der Waals surface area (Å²) in [6.07, 6.45) is 1.33. The molecular formula is C17H14O5. The molecule has 1 fully saturated rings. The summed E-state index contributed by atoms with van der Waals surface area (Å²) >= 11 is 0. The Morgan fingerprint density at radius 2 is 1.55 bits per heavy atom. The van der Waals surface area contributed by atoms with Crippen molar-refractivity contribution in [3.63, 3.8) is 0 Å². The van der Waals surface area contributed by atoms with E-state index in [0.717, 1.165) is 5.56 Å². The van der Waals surface area contributed by atoms with Crippen molar-refractivity contribution in [1.29, 1.82) is 0 Å². The van der Waals surface area contributed by atoms with Crippen molar-refractivity contribution in [3.05, 3.63) is 53.8 Å². The molecule has 0 atom stereocenters. The predicted octanol–water partition coefficient (Wildman–Crippen LogP) is 3.17. The smallest absolute Gasteiger partial charge is 0.348 e. The summed E-state index contributed by atoms with van der Waals surface area (Å²) in [4.78, 5) is 23.7. The summed E-state index contributed by atoms with van der Waals surface area (Å²) in [6.45, 7) is 3.00. The molecule has 5 heteroatoms. The fraction of sp³-hybridized carbons (Fsp3) is 0.176. The van der Waals surface area contributed by atoms with Gasteiger partial charge in [0, 0.05) is 25.5 Å². The standard InChI is InChI=1S/C17H14O5/c1-17(2)21-15(18)13(16(19)22-17)10-12-8-9-14(20-12)11-6-4-3-5-7-11/h3-10H,1-2H3. The Morgan fingerprint density at radius 1 is 0.909 bits per heavy atom. The SMILES string of the molecule is CC1(C)OC(=O)C(=Cc2ccc(-c3ccccc3)o2)C(=O)O1. The van der Waals surface area contributed by atoms with E-state index in [2.05, 4.69) is 0 Å². The molecule has 112 valence electrons. The number of hydrogen-bond acceptors (Lipinski definition) is 5. The molecule has 5 nitrogen and oxygen atoms in total. The van der Waals surface area contributed by atoms with Gasteiger partial charge in [0.15, 0.2) is 0 Å². The van der Waals surface area contributed by atoms with Crippen molar-refractivity contribution in [1.82, 2.24) is 0 Å². The minimum Gasteiger partial charge on any atom is -0.457 e. The number of rotatable bonds is 2. The molecule has 2 heterocycles. The fourth-order valence-corrected chi connectivity index (χ4v) is 2.11. The van der Waals surface area contributed by atoms with Gasteiger partial charge in [-0.1, -0.05) is 30.3 Å². The monoisotopic (exact) mass is 298 g/mol. The molecule has 0 radical (unpaired) electrons. The van der Waals surface area contributed by atoms with E-state index in [1.807, 2.05) is 30.3 Å². The van der Waals surface area contributed by atoms with E-state index in [1.54, 1.807) is 12.1 Å². The van der Waals surface area contributed by atoms with Gasteiger partial charge in [-0.2, -0.15) is 0 Å². The second kappa shape index (κ2) is 5.18. The number of cyclic esters (lactones) is 2. The van der Waals surface area contributed by atoms with Gasteiger partial charge in [0.25, 0.3) is 5.79 Å². The van der Waals surface area contributed by atoms with Gasteiger partial charge in [-0.15, -0.1) is 0 Å². The highest BCUT2D eigenvalue weighted by Gasteiger charge is 2.39. The van der Waals surface area contributed by atoms with Gasteiger partial charge in [0.2, 0.25) is 0 Å². The first-order valence-electron chi connectivity index (χ1n) is 6.78. The van der Waals surface area contributed by atoms with E-state index in [0.29, 0.717) is 11.5 Å². The van der Waals surface area contributed by atoms with E-state index in [-0.39, 0.29) is 5.57 Å². The van der Waals surface area contributed by atoms with Crippen molar-refractivity contribution in [2.45, 2.75) is 19.6 Å². The third-order valence-corrected chi connectivity index (χ3v) is 3.09. The Hall–Kier alpha value is -2.82. The third-order valence-electron chi connectivity index (χ3n) is 3.09. The summed E-state index contributed by atoms with van der Waals surface area (Å²) in [5.74, 6) is -1.67. The number of hydrogen-bond donors (Lipinski definition) is 0. The van der Waals surface area contributed by atoms with Crippen LogP contribution in [0.15, 0.2) is 52.5 Å². The van der Waals surface area contributed by atoms with Gasteiger partial charge in [0.1, 0.15) is 17.1 Å². The molecule has 0 spiro atoms. The lowest BCUT2D eigenvalue weighted by molar-refractivity contribution is -0.222. The van der Waals surface area contributed by atoms with E-state index in [1.165, 1.54) is 19.9 Å². The van der Waals surface area contributed by atoms with Crippen molar-refractivity contribution >= 4 is 18.0 Å². The van der Waals surface area contributed by atoms with Crippen LogP contribution >= 0.6 is 0 Å². The van der Waals surface area contributed by atoms with Crippen LogP contribution in [0.4, 0.5) is 0 Å². The molecule has 1 saturated heterocycles. The second-order valence-electron chi connectivity index (χ2n) is 5.30.